The minimum absolute atomic E-state index is 0.0181. The number of benzene rings is 3. The van der Waals surface area contributed by atoms with Gasteiger partial charge >= 0.3 is 0 Å². The van der Waals surface area contributed by atoms with Gasteiger partial charge in [0.1, 0.15) is 11.5 Å². The first kappa shape index (κ1) is 25.2. The van der Waals surface area contributed by atoms with Gasteiger partial charge in [-0.15, -0.1) is 0 Å². The SMILES string of the molecule is COc1c(-c2ccc(O)cc2)ccc(C(CC(=O)c2ncc[nH]2)Cc2ccccc2)c1CCCCN. The molecular weight excluding hydrogens is 450 g/mol. The predicted molar refractivity (Wildman–Crippen MR) is 143 cm³/mol. The third kappa shape index (κ3) is 6.01. The number of rotatable bonds is 12. The highest BCUT2D eigenvalue weighted by Gasteiger charge is 2.25. The Morgan fingerprint density at radius 1 is 1.06 bits per heavy atom. The Labute approximate surface area is 212 Å². The number of nitrogens with two attached hydrogens (primary N) is 1. The number of ketones is 1. The fraction of sp³-hybridized carbons (Fsp3) is 0.267. The average molecular weight is 484 g/mol. The number of aromatic nitrogens is 2. The number of ether oxygens (including phenoxy) is 1. The molecule has 0 aliphatic heterocycles. The van der Waals surface area contributed by atoms with Gasteiger partial charge in [-0.3, -0.25) is 4.79 Å². The summed E-state index contributed by atoms with van der Waals surface area (Å²) in [5, 5.41) is 9.76. The minimum atomic E-state index is -0.0550. The van der Waals surface area contributed by atoms with E-state index in [1.807, 2.05) is 30.3 Å². The molecule has 6 nitrogen and oxygen atoms in total. The molecule has 0 amide bonds. The summed E-state index contributed by atoms with van der Waals surface area (Å²) in [6, 6.07) is 21.6. The summed E-state index contributed by atoms with van der Waals surface area (Å²) in [4.78, 5) is 20.3. The van der Waals surface area contributed by atoms with Gasteiger partial charge < -0.3 is 20.6 Å². The standard InChI is InChI=1S/C30H33N3O3/c1-36-29-26(22-10-12-24(34)13-11-22)15-14-25(27(29)9-5-6-16-31)23(19-21-7-3-2-4-8-21)20-28(35)30-32-17-18-33-30/h2-4,7-8,10-15,17-18,23,34H,5-6,9,16,19-20,31H2,1H3,(H,32,33). The highest BCUT2D eigenvalue weighted by molar-refractivity contribution is 5.93. The molecule has 0 fully saturated rings. The lowest BCUT2D eigenvalue weighted by molar-refractivity contribution is 0.0964. The van der Waals surface area contributed by atoms with E-state index in [0.29, 0.717) is 18.8 Å². The van der Waals surface area contributed by atoms with Crippen LogP contribution in [0.15, 0.2) is 79.1 Å². The number of phenols is 1. The van der Waals surface area contributed by atoms with Crippen molar-refractivity contribution >= 4 is 5.78 Å². The second-order valence-electron chi connectivity index (χ2n) is 8.96. The van der Waals surface area contributed by atoms with Crippen molar-refractivity contribution in [3.8, 4) is 22.6 Å². The van der Waals surface area contributed by atoms with Gasteiger partial charge in [0.15, 0.2) is 11.6 Å². The van der Waals surface area contributed by atoms with Crippen LogP contribution in [0, 0.1) is 0 Å². The zero-order chi connectivity index (χ0) is 25.3. The third-order valence-corrected chi connectivity index (χ3v) is 6.52. The lowest BCUT2D eigenvalue weighted by Crippen LogP contribution is -2.14. The second-order valence-corrected chi connectivity index (χ2v) is 8.96. The summed E-state index contributed by atoms with van der Waals surface area (Å²) in [6.07, 6.45) is 6.94. The number of carbonyl (C=O) groups is 1. The van der Waals surface area contributed by atoms with Crippen LogP contribution in [0.5, 0.6) is 11.5 Å². The first-order chi connectivity index (χ1) is 17.6. The number of carbonyl (C=O) groups excluding carboxylic acids is 1. The molecule has 6 heteroatoms. The lowest BCUT2D eigenvalue weighted by Gasteiger charge is -2.24. The number of imidazole rings is 1. The smallest absolute Gasteiger partial charge is 0.198 e. The molecule has 1 heterocycles. The Morgan fingerprint density at radius 2 is 1.83 bits per heavy atom. The molecule has 4 aromatic rings. The van der Waals surface area contributed by atoms with Crippen LogP contribution in [-0.4, -0.2) is 34.5 Å². The van der Waals surface area contributed by atoms with E-state index in [1.54, 1.807) is 31.6 Å². The van der Waals surface area contributed by atoms with E-state index >= 15 is 0 Å². The van der Waals surface area contributed by atoms with Crippen LogP contribution in [0.3, 0.4) is 0 Å². The summed E-state index contributed by atoms with van der Waals surface area (Å²) in [6.45, 7) is 0.625. The Balaban J connectivity index is 1.80. The molecule has 1 unspecified atom stereocenters. The van der Waals surface area contributed by atoms with Crippen molar-refractivity contribution in [1.29, 1.82) is 0 Å². The number of unbranched alkanes of at least 4 members (excludes halogenated alkanes) is 1. The molecule has 186 valence electrons. The number of aromatic hydroxyl groups is 1. The van der Waals surface area contributed by atoms with E-state index in [2.05, 4.69) is 34.2 Å². The van der Waals surface area contributed by atoms with E-state index in [1.165, 1.54) is 5.56 Å². The first-order valence-electron chi connectivity index (χ1n) is 12.4. The van der Waals surface area contributed by atoms with Crippen LogP contribution in [0.2, 0.25) is 0 Å². The van der Waals surface area contributed by atoms with Crippen molar-refractivity contribution in [2.45, 2.75) is 38.0 Å². The van der Waals surface area contributed by atoms with Crippen LogP contribution in [0.1, 0.15) is 52.5 Å². The number of hydrogen-bond donors (Lipinski definition) is 3. The number of hydrogen-bond acceptors (Lipinski definition) is 5. The highest BCUT2D eigenvalue weighted by Crippen LogP contribution is 2.41. The largest absolute Gasteiger partial charge is 0.508 e. The summed E-state index contributed by atoms with van der Waals surface area (Å²) >= 11 is 0. The minimum Gasteiger partial charge on any atom is -0.508 e. The van der Waals surface area contributed by atoms with Gasteiger partial charge in [0, 0.05) is 24.4 Å². The van der Waals surface area contributed by atoms with Crippen LogP contribution in [0.25, 0.3) is 11.1 Å². The van der Waals surface area contributed by atoms with Gasteiger partial charge in [0.25, 0.3) is 0 Å². The van der Waals surface area contributed by atoms with Crippen molar-refractivity contribution in [2.75, 3.05) is 13.7 Å². The van der Waals surface area contributed by atoms with E-state index in [4.69, 9.17) is 10.5 Å². The van der Waals surface area contributed by atoms with E-state index in [-0.39, 0.29) is 17.5 Å². The number of nitrogens with zero attached hydrogens (tertiary/aromatic N) is 1. The molecule has 0 saturated carbocycles. The van der Waals surface area contributed by atoms with Crippen LogP contribution < -0.4 is 10.5 Å². The number of aromatic amines is 1. The van der Waals surface area contributed by atoms with Crippen molar-refractivity contribution < 1.29 is 14.6 Å². The number of phenolic OH excluding ortho intramolecular Hbond substituents is 1. The van der Waals surface area contributed by atoms with Crippen LogP contribution >= 0.6 is 0 Å². The molecule has 4 rings (SSSR count). The number of Topliss-reactive ketones (excluding diaryl/α,β-unsaturated/α-hetero) is 1. The zero-order valence-electron chi connectivity index (χ0n) is 20.6. The van der Waals surface area contributed by atoms with Crippen LogP contribution in [0.4, 0.5) is 0 Å². The predicted octanol–water partition coefficient (Wildman–Crippen LogP) is 5.67. The maximum atomic E-state index is 13.2. The fourth-order valence-electron chi connectivity index (χ4n) is 4.76. The van der Waals surface area contributed by atoms with Crippen molar-refractivity contribution in [3.63, 3.8) is 0 Å². The quantitative estimate of drug-likeness (QED) is 0.178. The molecule has 0 spiro atoms. The van der Waals surface area contributed by atoms with E-state index in [0.717, 1.165) is 53.7 Å². The molecule has 36 heavy (non-hydrogen) atoms. The lowest BCUT2D eigenvalue weighted by atomic mass is 9.82. The second kappa shape index (κ2) is 12.2. The van der Waals surface area contributed by atoms with Gasteiger partial charge in [-0.1, -0.05) is 54.6 Å². The fourth-order valence-corrected chi connectivity index (χ4v) is 4.76. The van der Waals surface area contributed by atoms with Crippen molar-refractivity contribution in [2.24, 2.45) is 5.73 Å². The van der Waals surface area contributed by atoms with Gasteiger partial charge in [-0.2, -0.15) is 0 Å². The molecule has 4 N–H and O–H groups in total. The molecule has 0 radical (unpaired) electrons. The van der Waals surface area contributed by atoms with Gasteiger partial charge in [-0.25, -0.2) is 4.98 Å². The van der Waals surface area contributed by atoms with Gasteiger partial charge in [0.2, 0.25) is 0 Å². The Hall–Kier alpha value is -3.90. The Bertz CT molecular complexity index is 1250. The third-order valence-electron chi connectivity index (χ3n) is 6.52. The molecule has 0 saturated heterocycles. The molecule has 1 atom stereocenters. The van der Waals surface area contributed by atoms with Crippen LogP contribution in [-0.2, 0) is 12.8 Å². The monoisotopic (exact) mass is 483 g/mol. The van der Waals surface area contributed by atoms with Crippen molar-refractivity contribution in [3.05, 3.63) is 102 Å². The molecular formula is C30H33N3O3. The molecule has 3 aromatic carbocycles. The number of nitrogens with one attached hydrogen (secondary N) is 1. The first-order valence-corrected chi connectivity index (χ1v) is 12.4. The summed E-state index contributed by atoms with van der Waals surface area (Å²) in [5.41, 5.74) is 11.1. The average Bonchev–Trinajstić information content (AvgIpc) is 3.45. The summed E-state index contributed by atoms with van der Waals surface area (Å²) in [7, 11) is 1.69. The maximum Gasteiger partial charge on any atom is 0.198 e. The molecule has 0 aliphatic carbocycles. The normalized spacial score (nSPS) is 11.8. The maximum absolute atomic E-state index is 13.2. The topological polar surface area (TPSA) is 101 Å². The Kier molecular flexibility index (Phi) is 8.53. The molecule has 1 aromatic heterocycles. The van der Waals surface area contributed by atoms with E-state index in [9.17, 15) is 9.90 Å². The van der Waals surface area contributed by atoms with Gasteiger partial charge in [0.05, 0.1) is 7.11 Å². The molecule has 0 aliphatic rings. The van der Waals surface area contributed by atoms with Gasteiger partial charge in [-0.05, 0) is 72.5 Å². The number of methoxy groups -OCH3 is 1. The molecule has 0 bridgehead atoms. The highest BCUT2D eigenvalue weighted by atomic mass is 16.5. The Morgan fingerprint density at radius 3 is 2.50 bits per heavy atom. The summed E-state index contributed by atoms with van der Waals surface area (Å²) in [5.74, 6) is 1.33. The van der Waals surface area contributed by atoms with Crippen molar-refractivity contribution in [1.82, 2.24) is 9.97 Å². The van der Waals surface area contributed by atoms with E-state index < -0.39 is 0 Å². The zero-order valence-corrected chi connectivity index (χ0v) is 20.6. The number of H-pyrrole nitrogens is 1. The summed E-state index contributed by atoms with van der Waals surface area (Å²) < 4.78 is 6.01.